The third kappa shape index (κ3) is 4.67. The minimum Gasteiger partial charge on any atom is -0.379 e. The number of rotatable bonds is 8. The highest BCUT2D eigenvalue weighted by Gasteiger charge is 2.15. The van der Waals surface area contributed by atoms with Gasteiger partial charge in [0.1, 0.15) is 11.6 Å². The van der Waals surface area contributed by atoms with Crippen LogP contribution in [0.25, 0.3) is 5.69 Å². The molecule has 0 aliphatic carbocycles. The molecule has 0 spiro atoms. The summed E-state index contributed by atoms with van der Waals surface area (Å²) in [5, 5.41) is 0. The average Bonchev–Trinajstić information content (AvgIpc) is 2.88. The Morgan fingerprint density at radius 2 is 1.79 bits per heavy atom. The van der Waals surface area contributed by atoms with Gasteiger partial charge in [-0.1, -0.05) is 12.8 Å². The Bertz CT molecular complexity index is 676. The molecular formula is C20H27F2NO. The molecule has 0 aliphatic rings. The lowest BCUT2D eigenvalue weighted by Gasteiger charge is -2.22. The fourth-order valence-corrected chi connectivity index (χ4v) is 2.93. The number of unbranched alkanes of at least 4 members (excludes halogenated alkanes) is 2. The van der Waals surface area contributed by atoms with E-state index in [1.54, 1.807) is 7.11 Å². The molecule has 132 valence electrons. The van der Waals surface area contributed by atoms with Gasteiger partial charge >= 0.3 is 0 Å². The largest absolute Gasteiger partial charge is 0.379 e. The minimum atomic E-state index is -0.552. The minimum absolute atomic E-state index is 0.0754. The molecular weight excluding hydrogens is 308 g/mol. The highest BCUT2D eigenvalue weighted by molar-refractivity contribution is 5.39. The van der Waals surface area contributed by atoms with Gasteiger partial charge in [0.25, 0.3) is 0 Å². The van der Waals surface area contributed by atoms with Gasteiger partial charge in [-0.2, -0.15) is 0 Å². The molecule has 0 atom stereocenters. The summed E-state index contributed by atoms with van der Waals surface area (Å²) < 4.78 is 34.6. The van der Waals surface area contributed by atoms with Crippen molar-refractivity contribution in [3.63, 3.8) is 0 Å². The van der Waals surface area contributed by atoms with Crippen molar-refractivity contribution >= 4 is 0 Å². The van der Waals surface area contributed by atoms with E-state index in [-0.39, 0.29) is 5.60 Å². The molecule has 24 heavy (non-hydrogen) atoms. The number of hydrogen-bond donors (Lipinski definition) is 0. The zero-order chi connectivity index (χ0) is 17.7. The Hall–Kier alpha value is -1.68. The van der Waals surface area contributed by atoms with Crippen molar-refractivity contribution in [3.8, 4) is 5.69 Å². The summed E-state index contributed by atoms with van der Waals surface area (Å²) in [4.78, 5) is 0. The van der Waals surface area contributed by atoms with E-state index in [2.05, 4.69) is 13.8 Å². The van der Waals surface area contributed by atoms with Crippen molar-refractivity contribution < 1.29 is 13.5 Å². The molecule has 0 fully saturated rings. The summed E-state index contributed by atoms with van der Waals surface area (Å²) in [5.74, 6) is -1.08. The number of aromatic nitrogens is 1. The third-order valence-electron chi connectivity index (χ3n) is 4.57. The van der Waals surface area contributed by atoms with E-state index in [9.17, 15) is 8.78 Å². The SMILES string of the molecule is COC(C)(C)CCCCCc1ccc(C)n1-c1ccc(F)cc1F. The standard InChI is InChI=1S/C20H27F2NO/c1-15-9-11-17(8-6-5-7-13-20(2,3)24-4)23(15)19-12-10-16(21)14-18(19)22/h9-12,14H,5-8,13H2,1-4H3. The van der Waals surface area contributed by atoms with E-state index in [4.69, 9.17) is 4.74 Å². The van der Waals surface area contributed by atoms with Gasteiger partial charge in [0, 0.05) is 24.6 Å². The zero-order valence-electron chi connectivity index (χ0n) is 15.0. The van der Waals surface area contributed by atoms with E-state index in [1.165, 1.54) is 12.1 Å². The van der Waals surface area contributed by atoms with Crippen LogP contribution in [0.3, 0.4) is 0 Å². The molecule has 0 unspecified atom stereocenters. The first kappa shape index (κ1) is 18.7. The van der Waals surface area contributed by atoms with Gasteiger partial charge in [0.2, 0.25) is 0 Å². The summed E-state index contributed by atoms with van der Waals surface area (Å²) in [6.45, 7) is 6.13. The second kappa shape index (κ2) is 7.93. The second-order valence-corrected chi connectivity index (χ2v) is 6.92. The molecule has 0 radical (unpaired) electrons. The van der Waals surface area contributed by atoms with E-state index in [1.807, 2.05) is 23.6 Å². The van der Waals surface area contributed by atoms with Crippen LogP contribution in [-0.4, -0.2) is 17.3 Å². The number of hydrogen-bond acceptors (Lipinski definition) is 1. The lowest BCUT2D eigenvalue weighted by molar-refractivity contribution is 0.0134. The van der Waals surface area contributed by atoms with Crippen molar-refractivity contribution in [2.75, 3.05) is 7.11 Å². The first-order chi connectivity index (χ1) is 11.3. The molecule has 1 heterocycles. The molecule has 2 rings (SSSR count). The van der Waals surface area contributed by atoms with Crippen LogP contribution in [0.4, 0.5) is 8.78 Å². The molecule has 0 N–H and O–H groups in total. The normalized spacial score (nSPS) is 11.9. The lowest BCUT2D eigenvalue weighted by Crippen LogP contribution is -2.21. The van der Waals surface area contributed by atoms with Crippen LogP contribution in [-0.2, 0) is 11.2 Å². The third-order valence-corrected chi connectivity index (χ3v) is 4.57. The molecule has 0 aliphatic heterocycles. The Labute approximate surface area is 143 Å². The topological polar surface area (TPSA) is 14.2 Å². The molecule has 1 aromatic carbocycles. The van der Waals surface area contributed by atoms with Crippen LogP contribution in [0.15, 0.2) is 30.3 Å². The maximum absolute atomic E-state index is 14.1. The van der Waals surface area contributed by atoms with Gasteiger partial charge in [0.15, 0.2) is 0 Å². The van der Waals surface area contributed by atoms with Gasteiger partial charge in [-0.3, -0.25) is 0 Å². The predicted octanol–water partition coefficient (Wildman–Crippen LogP) is 5.59. The summed E-state index contributed by atoms with van der Waals surface area (Å²) in [6, 6.07) is 7.74. The quantitative estimate of drug-likeness (QED) is 0.573. The summed E-state index contributed by atoms with van der Waals surface area (Å²) in [5.41, 5.74) is 2.35. The van der Waals surface area contributed by atoms with Crippen LogP contribution in [0.1, 0.15) is 50.9 Å². The second-order valence-electron chi connectivity index (χ2n) is 6.92. The van der Waals surface area contributed by atoms with E-state index in [0.717, 1.165) is 49.6 Å². The number of benzene rings is 1. The molecule has 0 amide bonds. The van der Waals surface area contributed by atoms with Crippen LogP contribution in [0.5, 0.6) is 0 Å². The smallest absolute Gasteiger partial charge is 0.150 e. The fourth-order valence-electron chi connectivity index (χ4n) is 2.93. The maximum atomic E-state index is 14.1. The van der Waals surface area contributed by atoms with Crippen LogP contribution in [0, 0.1) is 18.6 Å². The molecule has 0 bridgehead atoms. The number of halogens is 2. The van der Waals surface area contributed by atoms with E-state index in [0.29, 0.717) is 5.69 Å². The summed E-state index contributed by atoms with van der Waals surface area (Å²) in [6.07, 6.45) is 5.13. The highest BCUT2D eigenvalue weighted by atomic mass is 19.1. The predicted molar refractivity (Wildman–Crippen MR) is 93.7 cm³/mol. The van der Waals surface area contributed by atoms with Crippen molar-refractivity contribution in [3.05, 3.63) is 53.4 Å². The van der Waals surface area contributed by atoms with Gasteiger partial charge < -0.3 is 9.30 Å². The number of methoxy groups -OCH3 is 1. The first-order valence-corrected chi connectivity index (χ1v) is 8.52. The molecule has 2 aromatic rings. The molecule has 4 heteroatoms. The highest BCUT2D eigenvalue weighted by Crippen LogP contribution is 2.23. The van der Waals surface area contributed by atoms with Crippen molar-refractivity contribution in [1.82, 2.24) is 4.57 Å². The van der Waals surface area contributed by atoms with Crippen molar-refractivity contribution in [2.45, 2.75) is 58.5 Å². The monoisotopic (exact) mass is 335 g/mol. The van der Waals surface area contributed by atoms with Gasteiger partial charge in [-0.15, -0.1) is 0 Å². The Morgan fingerprint density at radius 1 is 1.04 bits per heavy atom. The van der Waals surface area contributed by atoms with Crippen LogP contribution < -0.4 is 0 Å². The van der Waals surface area contributed by atoms with E-state index >= 15 is 0 Å². The average molecular weight is 335 g/mol. The maximum Gasteiger partial charge on any atom is 0.150 e. The van der Waals surface area contributed by atoms with Gasteiger partial charge in [0.05, 0.1) is 11.3 Å². The molecule has 1 aromatic heterocycles. The van der Waals surface area contributed by atoms with Crippen LogP contribution in [0.2, 0.25) is 0 Å². The number of nitrogens with zero attached hydrogens (tertiary/aromatic N) is 1. The molecule has 2 nitrogen and oxygen atoms in total. The van der Waals surface area contributed by atoms with Crippen molar-refractivity contribution in [1.29, 1.82) is 0 Å². The number of aryl methyl sites for hydroxylation is 2. The fraction of sp³-hybridized carbons (Fsp3) is 0.500. The first-order valence-electron chi connectivity index (χ1n) is 8.52. The van der Waals surface area contributed by atoms with Crippen molar-refractivity contribution in [2.24, 2.45) is 0 Å². The van der Waals surface area contributed by atoms with Gasteiger partial charge in [-0.25, -0.2) is 8.78 Å². The van der Waals surface area contributed by atoms with Gasteiger partial charge in [-0.05, 0) is 64.3 Å². The summed E-state index contributed by atoms with van der Waals surface area (Å²) in [7, 11) is 1.74. The molecule has 0 saturated heterocycles. The Balaban J connectivity index is 2.00. The zero-order valence-corrected chi connectivity index (χ0v) is 15.0. The number of ether oxygens (including phenoxy) is 1. The summed E-state index contributed by atoms with van der Waals surface area (Å²) >= 11 is 0. The Morgan fingerprint density at radius 3 is 2.46 bits per heavy atom. The Kier molecular flexibility index (Phi) is 6.16. The molecule has 0 saturated carbocycles. The van der Waals surface area contributed by atoms with Crippen LogP contribution >= 0.6 is 0 Å². The van der Waals surface area contributed by atoms with E-state index < -0.39 is 11.6 Å². The lowest BCUT2D eigenvalue weighted by atomic mass is 9.99.